The van der Waals surface area contributed by atoms with Crippen LogP contribution in [0.15, 0.2) is 12.7 Å². The van der Waals surface area contributed by atoms with E-state index in [4.69, 9.17) is 4.74 Å². The third-order valence-electron chi connectivity index (χ3n) is 5.45. The van der Waals surface area contributed by atoms with Crippen molar-refractivity contribution in [3.05, 3.63) is 12.7 Å². The molecule has 0 aromatic heterocycles. The number of ether oxygens (including phenoxy) is 1. The van der Waals surface area contributed by atoms with Gasteiger partial charge in [0.1, 0.15) is 6.61 Å². The third kappa shape index (κ3) is 3.51. The van der Waals surface area contributed by atoms with Gasteiger partial charge >= 0.3 is 6.09 Å². The summed E-state index contributed by atoms with van der Waals surface area (Å²) in [5, 5.41) is 11.0. The minimum atomic E-state index is -1.13. The number of allylic oxidation sites excluding steroid dienone is 1. The monoisotopic (exact) mass is 337 g/mol. The lowest BCUT2D eigenvalue weighted by molar-refractivity contribution is -0.154. The van der Waals surface area contributed by atoms with Gasteiger partial charge in [0.05, 0.1) is 17.6 Å². The number of imide groups is 1. The van der Waals surface area contributed by atoms with Crippen LogP contribution in [-0.2, 0) is 9.53 Å². The van der Waals surface area contributed by atoms with Crippen molar-refractivity contribution >= 4 is 12.0 Å². The second-order valence-corrected chi connectivity index (χ2v) is 8.83. The van der Waals surface area contributed by atoms with Crippen LogP contribution in [0.1, 0.15) is 53.9 Å². The van der Waals surface area contributed by atoms with Crippen molar-refractivity contribution in [3.8, 4) is 0 Å². The van der Waals surface area contributed by atoms with Gasteiger partial charge in [-0.1, -0.05) is 33.8 Å². The first-order chi connectivity index (χ1) is 11.0. The normalized spacial score (nSPS) is 37.2. The van der Waals surface area contributed by atoms with Gasteiger partial charge in [-0.3, -0.25) is 4.79 Å². The summed E-state index contributed by atoms with van der Waals surface area (Å²) in [7, 11) is 0. The molecule has 2 amide bonds. The number of rotatable bonds is 3. The van der Waals surface area contributed by atoms with E-state index in [0.29, 0.717) is 18.8 Å². The Hall–Kier alpha value is -1.36. The molecule has 5 nitrogen and oxygen atoms in total. The summed E-state index contributed by atoms with van der Waals surface area (Å²) in [4.78, 5) is 26.8. The fraction of sp³-hybridized carbons (Fsp3) is 0.789. The molecule has 1 aliphatic heterocycles. The lowest BCUT2D eigenvalue weighted by atomic mass is 9.64. The molecule has 2 aliphatic rings. The lowest BCUT2D eigenvalue weighted by Gasteiger charge is -2.46. The van der Waals surface area contributed by atoms with Gasteiger partial charge in [0.25, 0.3) is 0 Å². The van der Waals surface area contributed by atoms with E-state index in [2.05, 4.69) is 13.5 Å². The Morgan fingerprint density at radius 3 is 2.67 bits per heavy atom. The molecule has 2 rings (SSSR count). The Kier molecular flexibility index (Phi) is 5.14. The standard InChI is InChI=1S/C19H31NO4/c1-7-8-13-9-12(2)10-19(6,23)15(13)16(21)20-14(18(3,4)5)11-24-17(20)22/h7,12-15,23H,1,8-11H2,2-6H3/t12-,13+,14+,15+,19+/m0/s1. The maximum Gasteiger partial charge on any atom is 0.417 e. The van der Waals surface area contributed by atoms with Crippen molar-refractivity contribution in [2.24, 2.45) is 23.2 Å². The highest BCUT2D eigenvalue weighted by Gasteiger charge is 2.53. The average molecular weight is 337 g/mol. The van der Waals surface area contributed by atoms with E-state index in [0.717, 1.165) is 6.42 Å². The highest BCUT2D eigenvalue weighted by molar-refractivity contribution is 5.95. The second kappa shape index (κ2) is 6.51. The SMILES string of the molecule is C=CC[C@@H]1C[C@H](C)C[C@@](C)(O)[C@H]1C(=O)N1C(=O)OC[C@@H]1C(C)(C)C. The van der Waals surface area contributed by atoms with E-state index in [1.807, 2.05) is 20.8 Å². The van der Waals surface area contributed by atoms with Gasteiger partial charge in [0, 0.05) is 0 Å². The predicted molar refractivity (Wildman–Crippen MR) is 92.3 cm³/mol. The zero-order valence-corrected chi connectivity index (χ0v) is 15.5. The van der Waals surface area contributed by atoms with Crippen LogP contribution in [0, 0.1) is 23.2 Å². The Labute approximate surface area is 145 Å². The second-order valence-electron chi connectivity index (χ2n) is 8.83. The topological polar surface area (TPSA) is 66.8 Å². The van der Waals surface area contributed by atoms with Gasteiger partial charge in [0.15, 0.2) is 0 Å². The fourth-order valence-corrected chi connectivity index (χ4v) is 4.44. The van der Waals surface area contributed by atoms with E-state index in [9.17, 15) is 14.7 Å². The molecule has 136 valence electrons. The molecule has 1 saturated heterocycles. The quantitative estimate of drug-likeness (QED) is 0.802. The maximum atomic E-state index is 13.3. The number of carbonyl (C=O) groups excluding carboxylic acids is 2. The first-order valence-electron chi connectivity index (χ1n) is 8.82. The zero-order valence-electron chi connectivity index (χ0n) is 15.5. The molecule has 0 radical (unpaired) electrons. The summed E-state index contributed by atoms with van der Waals surface area (Å²) in [6.07, 6.45) is 3.26. The lowest BCUT2D eigenvalue weighted by Crippen LogP contribution is -2.57. The minimum absolute atomic E-state index is 0.0113. The molecule has 1 N–H and O–H groups in total. The summed E-state index contributed by atoms with van der Waals surface area (Å²) in [5.74, 6) is -0.593. The predicted octanol–water partition coefficient (Wildman–Crippen LogP) is 3.37. The van der Waals surface area contributed by atoms with Gasteiger partial charge in [-0.2, -0.15) is 0 Å². The van der Waals surface area contributed by atoms with E-state index >= 15 is 0 Å². The number of amides is 2. The van der Waals surface area contributed by atoms with Crippen LogP contribution in [0.5, 0.6) is 0 Å². The van der Waals surface area contributed by atoms with Crippen LogP contribution in [-0.4, -0.2) is 40.3 Å². The van der Waals surface area contributed by atoms with Gasteiger partial charge in [-0.05, 0) is 43.4 Å². The van der Waals surface area contributed by atoms with Crippen molar-refractivity contribution < 1.29 is 19.4 Å². The van der Waals surface area contributed by atoms with Gasteiger partial charge < -0.3 is 9.84 Å². The zero-order chi connectivity index (χ0) is 18.3. The molecular formula is C19H31NO4. The summed E-state index contributed by atoms with van der Waals surface area (Å²) in [6.45, 7) is 13.8. The van der Waals surface area contributed by atoms with Crippen molar-refractivity contribution in [2.75, 3.05) is 6.61 Å². The number of cyclic esters (lactones) is 1. The van der Waals surface area contributed by atoms with Crippen LogP contribution < -0.4 is 0 Å². The van der Waals surface area contributed by atoms with E-state index in [-0.39, 0.29) is 29.9 Å². The molecule has 24 heavy (non-hydrogen) atoms. The molecule has 0 aromatic rings. The molecule has 0 unspecified atom stereocenters. The third-order valence-corrected chi connectivity index (χ3v) is 5.45. The van der Waals surface area contributed by atoms with Gasteiger partial charge in [-0.15, -0.1) is 6.58 Å². The van der Waals surface area contributed by atoms with Crippen molar-refractivity contribution in [1.82, 2.24) is 4.90 Å². The van der Waals surface area contributed by atoms with Crippen LogP contribution in [0.25, 0.3) is 0 Å². The van der Waals surface area contributed by atoms with Crippen LogP contribution in [0.2, 0.25) is 0 Å². The smallest absolute Gasteiger partial charge is 0.417 e. The van der Waals surface area contributed by atoms with E-state index in [1.165, 1.54) is 4.90 Å². The minimum Gasteiger partial charge on any atom is -0.447 e. The molecule has 0 aromatic carbocycles. The summed E-state index contributed by atoms with van der Waals surface area (Å²) >= 11 is 0. The average Bonchev–Trinajstić information content (AvgIpc) is 2.78. The highest BCUT2D eigenvalue weighted by atomic mass is 16.6. The molecular weight excluding hydrogens is 306 g/mol. The van der Waals surface area contributed by atoms with Crippen molar-refractivity contribution in [3.63, 3.8) is 0 Å². The molecule has 5 heteroatoms. The van der Waals surface area contributed by atoms with E-state index < -0.39 is 17.6 Å². The number of carbonyl (C=O) groups is 2. The molecule has 0 bridgehead atoms. The van der Waals surface area contributed by atoms with Crippen molar-refractivity contribution in [2.45, 2.75) is 65.5 Å². The number of hydrogen-bond acceptors (Lipinski definition) is 4. The first kappa shape index (κ1) is 19.0. The Morgan fingerprint density at radius 2 is 2.12 bits per heavy atom. The highest BCUT2D eigenvalue weighted by Crippen LogP contribution is 2.44. The summed E-state index contributed by atoms with van der Waals surface area (Å²) < 4.78 is 5.17. The fourth-order valence-electron chi connectivity index (χ4n) is 4.44. The molecule has 1 aliphatic carbocycles. The number of hydrogen-bond donors (Lipinski definition) is 1. The molecule has 5 atom stereocenters. The Morgan fingerprint density at radius 1 is 1.50 bits per heavy atom. The molecule has 1 heterocycles. The number of nitrogens with zero attached hydrogens (tertiary/aromatic N) is 1. The number of aliphatic hydroxyl groups is 1. The van der Waals surface area contributed by atoms with Gasteiger partial charge in [-0.25, -0.2) is 9.69 Å². The molecule has 2 fully saturated rings. The first-order valence-corrected chi connectivity index (χ1v) is 8.82. The van der Waals surface area contributed by atoms with Crippen LogP contribution in [0.3, 0.4) is 0 Å². The molecule has 1 saturated carbocycles. The Balaban J connectivity index is 2.36. The Bertz CT molecular complexity index is 520. The van der Waals surface area contributed by atoms with Crippen LogP contribution >= 0.6 is 0 Å². The van der Waals surface area contributed by atoms with Crippen molar-refractivity contribution in [1.29, 1.82) is 0 Å². The van der Waals surface area contributed by atoms with Gasteiger partial charge in [0.2, 0.25) is 5.91 Å². The van der Waals surface area contributed by atoms with Crippen LogP contribution in [0.4, 0.5) is 4.79 Å². The maximum absolute atomic E-state index is 13.3. The molecule has 0 spiro atoms. The van der Waals surface area contributed by atoms with E-state index in [1.54, 1.807) is 13.0 Å². The largest absolute Gasteiger partial charge is 0.447 e. The summed E-state index contributed by atoms with van der Waals surface area (Å²) in [5.41, 5.74) is -1.41. The summed E-state index contributed by atoms with van der Waals surface area (Å²) in [6, 6.07) is -0.308.